The lowest BCUT2D eigenvalue weighted by molar-refractivity contribution is 0.635. The molecule has 0 saturated heterocycles. The van der Waals surface area contributed by atoms with Crippen molar-refractivity contribution in [2.45, 2.75) is 32.7 Å². The average Bonchev–Trinajstić information content (AvgIpc) is 3.65. The number of halogens is 1. The number of aryl methyl sites for hydroxylation is 1. The van der Waals surface area contributed by atoms with Gasteiger partial charge in [0.05, 0.1) is 28.6 Å². The maximum atomic E-state index is 16.6. The number of nitrogens with zero attached hydrogens (tertiary/aromatic N) is 3. The van der Waals surface area contributed by atoms with Gasteiger partial charge in [0, 0.05) is 22.9 Å². The van der Waals surface area contributed by atoms with Crippen LogP contribution in [-0.4, -0.2) is 27.4 Å². The number of benzene rings is 4. The summed E-state index contributed by atoms with van der Waals surface area (Å²) in [5, 5.41) is 9.68. The lowest BCUT2D eigenvalue weighted by atomic mass is 10.0. The van der Waals surface area contributed by atoms with Crippen LogP contribution in [-0.2, 0) is 13.0 Å². The van der Waals surface area contributed by atoms with Gasteiger partial charge >= 0.3 is 0 Å². The SMILES string of the molecule is Cc1ccccc1-c1c(F)c2c3cnn(-c4ccccc4)c3ccc2n1Cc1ccc(CCNCC2CC2)cc1. The Hall–Kier alpha value is -4.22. The van der Waals surface area contributed by atoms with Crippen LogP contribution in [0.25, 0.3) is 38.8 Å². The summed E-state index contributed by atoms with van der Waals surface area (Å²) in [5.41, 5.74) is 7.80. The van der Waals surface area contributed by atoms with Gasteiger partial charge in [0.15, 0.2) is 5.82 Å². The number of aromatic nitrogens is 3. The Morgan fingerprint density at radius 1 is 0.850 bits per heavy atom. The predicted octanol–water partition coefficient (Wildman–Crippen LogP) is 7.69. The second-order valence-corrected chi connectivity index (χ2v) is 11.1. The van der Waals surface area contributed by atoms with Crippen LogP contribution in [0.15, 0.2) is 97.2 Å². The summed E-state index contributed by atoms with van der Waals surface area (Å²) in [6.07, 6.45) is 5.57. The van der Waals surface area contributed by atoms with Crippen molar-refractivity contribution in [3.63, 3.8) is 0 Å². The zero-order valence-corrected chi connectivity index (χ0v) is 22.8. The van der Waals surface area contributed by atoms with E-state index in [-0.39, 0.29) is 5.82 Å². The third-order valence-electron chi connectivity index (χ3n) is 8.20. The van der Waals surface area contributed by atoms with Crippen molar-refractivity contribution in [3.05, 3.63) is 120 Å². The lowest BCUT2D eigenvalue weighted by Gasteiger charge is -2.14. The fraction of sp³-hybridized carbons (Fsp3) is 0.229. The molecule has 4 aromatic carbocycles. The van der Waals surface area contributed by atoms with Crippen molar-refractivity contribution in [1.82, 2.24) is 19.7 Å². The molecule has 40 heavy (non-hydrogen) atoms. The van der Waals surface area contributed by atoms with Crippen LogP contribution in [0.3, 0.4) is 0 Å². The molecule has 1 aliphatic rings. The lowest BCUT2D eigenvalue weighted by Crippen LogP contribution is -2.19. The van der Waals surface area contributed by atoms with Crippen LogP contribution in [0.4, 0.5) is 4.39 Å². The smallest absolute Gasteiger partial charge is 0.157 e. The maximum Gasteiger partial charge on any atom is 0.157 e. The second-order valence-electron chi connectivity index (χ2n) is 11.1. The zero-order chi connectivity index (χ0) is 27.1. The van der Waals surface area contributed by atoms with Crippen LogP contribution in [0.1, 0.15) is 29.5 Å². The summed E-state index contributed by atoms with van der Waals surface area (Å²) in [4.78, 5) is 0. The molecule has 2 heterocycles. The molecule has 0 spiro atoms. The Kier molecular flexibility index (Phi) is 6.45. The Morgan fingerprint density at radius 3 is 2.35 bits per heavy atom. The van der Waals surface area contributed by atoms with E-state index in [1.807, 2.05) is 72.3 Å². The number of hydrogen-bond donors (Lipinski definition) is 1. The molecule has 0 bridgehead atoms. The predicted molar refractivity (Wildman–Crippen MR) is 162 cm³/mol. The fourth-order valence-corrected chi connectivity index (χ4v) is 5.80. The van der Waals surface area contributed by atoms with Crippen molar-refractivity contribution >= 4 is 21.8 Å². The third-order valence-corrected chi connectivity index (χ3v) is 8.20. The van der Waals surface area contributed by atoms with Crippen molar-refractivity contribution in [1.29, 1.82) is 0 Å². The first-order valence-electron chi connectivity index (χ1n) is 14.3. The van der Waals surface area contributed by atoms with Crippen LogP contribution < -0.4 is 5.32 Å². The van der Waals surface area contributed by atoms with E-state index in [4.69, 9.17) is 0 Å². The molecule has 5 heteroatoms. The molecule has 0 unspecified atom stereocenters. The molecule has 4 nitrogen and oxygen atoms in total. The molecule has 1 saturated carbocycles. The highest BCUT2D eigenvalue weighted by molar-refractivity contribution is 6.08. The Labute approximate surface area is 234 Å². The van der Waals surface area contributed by atoms with Crippen molar-refractivity contribution in [2.24, 2.45) is 5.92 Å². The number of rotatable bonds is 9. The molecule has 0 radical (unpaired) electrons. The summed E-state index contributed by atoms with van der Waals surface area (Å²) in [6.45, 7) is 4.78. The molecule has 1 fully saturated rings. The molecule has 200 valence electrons. The van der Waals surface area contributed by atoms with E-state index in [1.165, 1.54) is 18.4 Å². The largest absolute Gasteiger partial charge is 0.333 e. The van der Waals surface area contributed by atoms with E-state index in [2.05, 4.69) is 45.3 Å². The minimum absolute atomic E-state index is 0.194. The topological polar surface area (TPSA) is 34.8 Å². The number of nitrogens with one attached hydrogen (secondary N) is 1. The number of fused-ring (bicyclic) bond motifs is 3. The summed E-state index contributed by atoms with van der Waals surface area (Å²) in [7, 11) is 0. The average molecular weight is 529 g/mol. The van der Waals surface area contributed by atoms with E-state index >= 15 is 4.39 Å². The van der Waals surface area contributed by atoms with Crippen LogP contribution in [0, 0.1) is 18.7 Å². The molecular formula is C35H33FN4. The Bertz CT molecular complexity index is 1790. The van der Waals surface area contributed by atoms with E-state index in [0.717, 1.165) is 64.2 Å². The number of hydrogen-bond acceptors (Lipinski definition) is 2. The molecule has 0 atom stereocenters. The van der Waals surface area contributed by atoms with Gasteiger partial charge < -0.3 is 9.88 Å². The van der Waals surface area contributed by atoms with Gasteiger partial charge in [-0.3, -0.25) is 0 Å². The molecule has 1 N–H and O–H groups in total. The second kappa shape index (κ2) is 10.4. The molecule has 6 aromatic rings. The van der Waals surface area contributed by atoms with Crippen LogP contribution in [0.2, 0.25) is 0 Å². The van der Waals surface area contributed by atoms with Gasteiger partial charge in [-0.1, -0.05) is 66.7 Å². The summed E-state index contributed by atoms with van der Waals surface area (Å²) < 4.78 is 20.7. The molecule has 1 aliphatic carbocycles. The summed E-state index contributed by atoms with van der Waals surface area (Å²) in [6, 6.07) is 31.0. The number of para-hydroxylation sites is 1. The molecule has 0 amide bonds. The minimum atomic E-state index is -0.194. The highest BCUT2D eigenvalue weighted by atomic mass is 19.1. The van der Waals surface area contributed by atoms with Gasteiger partial charge in [-0.25, -0.2) is 9.07 Å². The first kappa shape index (κ1) is 24.8. The van der Waals surface area contributed by atoms with Crippen LogP contribution in [0.5, 0.6) is 0 Å². The Balaban J connectivity index is 1.29. The van der Waals surface area contributed by atoms with Crippen molar-refractivity contribution in [2.75, 3.05) is 13.1 Å². The van der Waals surface area contributed by atoms with E-state index < -0.39 is 0 Å². The van der Waals surface area contributed by atoms with Gasteiger partial charge in [0.25, 0.3) is 0 Å². The molecular weight excluding hydrogens is 495 g/mol. The van der Waals surface area contributed by atoms with Gasteiger partial charge in [0.1, 0.15) is 0 Å². The quantitative estimate of drug-likeness (QED) is 0.195. The molecule has 0 aliphatic heterocycles. The highest BCUT2D eigenvalue weighted by Gasteiger charge is 2.23. The zero-order valence-electron chi connectivity index (χ0n) is 22.8. The normalized spacial score (nSPS) is 13.4. The minimum Gasteiger partial charge on any atom is -0.333 e. The first-order valence-corrected chi connectivity index (χ1v) is 14.3. The maximum absolute atomic E-state index is 16.6. The highest BCUT2D eigenvalue weighted by Crippen LogP contribution is 2.38. The van der Waals surface area contributed by atoms with Crippen LogP contribution >= 0.6 is 0 Å². The van der Waals surface area contributed by atoms with E-state index in [0.29, 0.717) is 17.6 Å². The molecule has 2 aromatic heterocycles. The van der Waals surface area contributed by atoms with Gasteiger partial charge in [-0.05, 0) is 86.1 Å². The fourth-order valence-electron chi connectivity index (χ4n) is 5.80. The third kappa shape index (κ3) is 4.61. The Morgan fingerprint density at radius 2 is 1.57 bits per heavy atom. The summed E-state index contributed by atoms with van der Waals surface area (Å²) in [5.74, 6) is 0.705. The first-order chi connectivity index (χ1) is 19.7. The van der Waals surface area contributed by atoms with E-state index in [9.17, 15) is 0 Å². The van der Waals surface area contributed by atoms with Gasteiger partial charge in [-0.2, -0.15) is 5.10 Å². The van der Waals surface area contributed by atoms with Gasteiger partial charge in [-0.15, -0.1) is 0 Å². The standard InChI is InChI=1S/C35H33FN4/c1-24-7-5-6-10-29(24)35-34(36)33-30-22-38-40(28-8-3-2-4-9-28)31(30)17-18-32(33)39(35)23-27-15-11-25(12-16-27)19-20-37-21-26-13-14-26/h2-12,15-18,22,26,37H,13-14,19-21,23H2,1H3. The van der Waals surface area contributed by atoms with Crippen molar-refractivity contribution in [3.8, 4) is 16.9 Å². The summed E-state index contributed by atoms with van der Waals surface area (Å²) >= 11 is 0. The monoisotopic (exact) mass is 528 g/mol. The van der Waals surface area contributed by atoms with Crippen molar-refractivity contribution < 1.29 is 4.39 Å². The molecule has 7 rings (SSSR count). The van der Waals surface area contributed by atoms with Gasteiger partial charge in [0.2, 0.25) is 0 Å². The van der Waals surface area contributed by atoms with E-state index in [1.54, 1.807) is 6.20 Å².